The van der Waals surface area contributed by atoms with Gasteiger partial charge in [0, 0.05) is 18.4 Å². The summed E-state index contributed by atoms with van der Waals surface area (Å²) >= 11 is 0. The number of likely N-dealkylation sites (tertiary alicyclic amines) is 1. The second-order valence-electron chi connectivity index (χ2n) is 9.52. The van der Waals surface area contributed by atoms with E-state index in [0.29, 0.717) is 25.8 Å². The maximum atomic E-state index is 13.5. The van der Waals surface area contributed by atoms with Crippen molar-refractivity contribution in [1.29, 1.82) is 0 Å². The van der Waals surface area contributed by atoms with E-state index in [2.05, 4.69) is 24.3 Å². The molecule has 2 fully saturated rings. The molecule has 0 radical (unpaired) electrons. The van der Waals surface area contributed by atoms with Crippen molar-refractivity contribution < 1.29 is 24.2 Å². The molecule has 4 atom stereocenters. The highest BCUT2D eigenvalue weighted by molar-refractivity contribution is 5.91. The van der Waals surface area contributed by atoms with Gasteiger partial charge in [-0.15, -0.1) is 0 Å². The molecule has 7 nitrogen and oxygen atoms in total. The normalized spacial score (nSPS) is 27.1. The maximum Gasteiger partial charge on any atom is 0.410 e. The largest absolute Gasteiger partial charge is 0.480 e. The summed E-state index contributed by atoms with van der Waals surface area (Å²) in [4.78, 5) is 41.5. The molecule has 2 aromatic rings. The van der Waals surface area contributed by atoms with Crippen LogP contribution in [0.2, 0.25) is 0 Å². The lowest BCUT2D eigenvalue weighted by Crippen LogP contribution is -2.53. The minimum Gasteiger partial charge on any atom is -0.480 e. The summed E-state index contributed by atoms with van der Waals surface area (Å²) in [5.74, 6) is -1.45. The number of carboxylic acids is 1. The van der Waals surface area contributed by atoms with Gasteiger partial charge in [-0.1, -0.05) is 60.7 Å². The number of carbonyl (C=O) groups excluding carboxylic acids is 2. The van der Waals surface area contributed by atoms with Gasteiger partial charge in [0.2, 0.25) is 5.91 Å². The van der Waals surface area contributed by atoms with E-state index < -0.39 is 24.1 Å². The van der Waals surface area contributed by atoms with Crippen LogP contribution in [0.3, 0.4) is 0 Å². The SMILES string of the molecule is O=C(O)[C@@H]1CC[C@@H]2C=C[C@H]3CCN(C(=O)OCC4c5ccccc5-c5ccccc54)C3C(=O)N21. The standard InChI is InChI=1S/C27H26N2O5/c30-25-24-16(9-10-17-11-12-23(26(31)32)29(17)25)13-14-28(24)27(33)34-15-22-20-7-3-1-5-18(20)19-6-2-4-8-21(19)22/h1-10,16-17,22-24H,11-15H2,(H,31,32)/t16-,17-,23-,24?/m0/s1. The van der Waals surface area contributed by atoms with Gasteiger partial charge in [-0.3, -0.25) is 9.69 Å². The Balaban J connectivity index is 1.22. The van der Waals surface area contributed by atoms with Crippen LogP contribution in [0.5, 0.6) is 0 Å². The third kappa shape index (κ3) is 3.14. The maximum absolute atomic E-state index is 13.5. The average molecular weight is 459 g/mol. The molecule has 6 rings (SSSR count). The summed E-state index contributed by atoms with van der Waals surface area (Å²) in [6.45, 7) is 0.604. The summed E-state index contributed by atoms with van der Waals surface area (Å²) in [6.07, 6.45) is 5.15. The Labute approximate surface area is 197 Å². The highest BCUT2D eigenvalue weighted by Crippen LogP contribution is 2.45. The predicted molar refractivity (Wildman–Crippen MR) is 124 cm³/mol. The molecule has 0 saturated carbocycles. The second kappa shape index (κ2) is 8.01. The number of carboxylic acid groups (broad SMARTS) is 1. The Morgan fingerprint density at radius 1 is 0.941 bits per heavy atom. The van der Waals surface area contributed by atoms with E-state index in [0.717, 1.165) is 22.3 Å². The third-order valence-corrected chi connectivity index (χ3v) is 7.82. The number of amides is 2. The van der Waals surface area contributed by atoms with Crippen LogP contribution in [0.15, 0.2) is 60.7 Å². The van der Waals surface area contributed by atoms with Crippen molar-refractivity contribution in [3.63, 3.8) is 0 Å². The number of ether oxygens (including phenoxy) is 1. The van der Waals surface area contributed by atoms with E-state index in [4.69, 9.17) is 4.74 Å². The fraction of sp³-hybridized carbons (Fsp3) is 0.370. The van der Waals surface area contributed by atoms with Crippen LogP contribution >= 0.6 is 0 Å². The topological polar surface area (TPSA) is 87.1 Å². The molecule has 3 heterocycles. The molecule has 0 spiro atoms. The minimum absolute atomic E-state index is 0.0566. The van der Waals surface area contributed by atoms with Crippen molar-refractivity contribution in [2.24, 2.45) is 5.92 Å². The fourth-order valence-corrected chi connectivity index (χ4v) is 6.23. The van der Waals surface area contributed by atoms with Crippen LogP contribution in [0.4, 0.5) is 4.79 Å². The molecule has 0 aromatic heterocycles. The molecule has 34 heavy (non-hydrogen) atoms. The van der Waals surface area contributed by atoms with E-state index in [-0.39, 0.29) is 30.4 Å². The van der Waals surface area contributed by atoms with Crippen LogP contribution in [-0.4, -0.2) is 64.2 Å². The summed E-state index contributed by atoms with van der Waals surface area (Å²) in [6, 6.07) is 14.5. The lowest BCUT2D eigenvalue weighted by molar-refractivity contribution is -0.151. The molecular formula is C27H26N2O5. The van der Waals surface area contributed by atoms with Gasteiger partial charge in [0.1, 0.15) is 18.7 Å². The number of carbonyl (C=O) groups is 3. The molecule has 1 unspecified atom stereocenters. The first-order chi connectivity index (χ1) is 16.5. The molecular weight excluding hydrogens is 432 g/mol. The van der Waals surface area contributed by atoms with Crippen molar-refractivity contribution in [1.82, 2.24) is 9.80 Å². The molecule has 0 bridgehead atoms. The van der Waals surface area contributed by atoms with E-state index in [1.165, 1.54) is 9.80 Å². The molecule has 2 aromatic carbocycles. The number of fused-ring (bicyclic) bond motifs is 5. The van der Waals surface area contributed by atoms with Gasteiger partial charge in [0.05, 0.1) is 6.04 Å². The first-order valence-corrected chi connectivity index (χ1v) is 11.9. The first-order valence-electron chi connectivity index (χ1n) is 11.9. The number of nitrogens with zero attached hydrogens (tertiary/aromatic N) is 2. The Morgan fingerprint density at radius 2 is 1.62 bits per heavy atom. The summed E-state index contributed by atoms with van der Waals surface area (Å²) in [5, 5.41) is 9.62. The smallest absolute Gasteiger partial charge is 0.410 e. The highest BCUT2D eigenvalue weighted by Gasteiger charge is 2.50. The van der Waals surface area contributed by atoms with E-state index in [1.54, 1.807) is 0 Å². The van der Waals surface area contributed by atoms with Crippen LogP contribution in [0, 0.1) is 5.92 Å². The molecule has 1 aliphatic carbocycles. The van der Waals surface area contributed by atoms with Gasteiger partial charge in [0.15, 0.2) is 0 Å². The van der Waals surface area contributed by atoms with Crippen molar-refractivity contribution in [3.05, 3.63) is 71.8 Å². The lowest BCUT2D eigenvalue weighted by atomic mass is 9.98. The highest BCUT2D eigenvalue weighted by atomic mass is 16.6. The zero-order chi connectivity index (χ0) is 23.4. The monoisotopic (exact) mass is 458 g/mol. The number of benzene rings is 2. The van der Waals surface area contributed by atoms with E-state index in [1.807, 2.05) is 36.4 Å². The third-order valence-electron chi connectivity index (χ3n) is 7.82. The van der Waals surface area contributed by atoms with Gasteiger partial charge in [-0.25, -0.2) is 9.59 Å². The summed E-state index contributed by atoms with van der Waals surface area (Å²) in [7, 11) is 0. The predicted octanol–water partition coefficient (Wildman–Crippen LogP) is 3.64. The number of hydrogen-bond acceptors (Lipinski definition) is 4. The number of rotatable bonds is 3. The zero-order valence-corrected chi connectivity index (χ0v) is 18.7. The second-order valence-corrected chi connectivity index (χ2v) is 9.52. The Kier molecular flexibility index (Phi) is 4.94. The quantitative estimate of drug-likeness (QED) is 0.710. The molecule has 3 aliphatic heterocycles. The minimum atomic E-state index is -0.992. The molecule has 1 N–H and O–H groups in total. The van der Waals surface area contributed by atoms with Crippen LogP contribution in [-0.2, 0) is 14.3 Å². The van der Waals surface area contributed by atoms with Crippen molar-refractivity contribution in [3.8, 4) is 11.1 Å². The summed E-state index contributed by atoms with van der Waals surface area (Å²) in [5.41, 5.74) is 4.58. The van der Waals surface area contributed by atoms with Gasteiger partial charge in [0.25, 0.3) is 0 Å². The van der Waals surface area contributed by atoms with E-state index in [9.17, 15) is 19.5 Å². The lowest BCUT2D eigenvalue weighted by Gasteiger charge is -2.32. The van der Waals surface area contributed by atoms with E-state index >= 15 is 0 Å². The number of hydrogen-bond donors (Lipinski definition) is 1. The van der Waals surface area contributed by atoms with Gasteiger partial charge in [-0.2, -0.15) is 0 Å². The first kappa shape index (κ1) is 21.0. The molecule has 2 amide bonds. The summed E-state index contributed by atoms with van der Waals surface area (Å²) < 4.78 is 5.82. The van der Waals surface area contributed by atoms with Crippen molar-refractivity contribution >= 4 is 18.0 Å². The van der Waals surface area contributed by atoms with Gasteiger partial charge >= 0.3 is 12.1 Å². The van der Waals surface area contributed by atoms with Crippen molar-refractivity contribution in [2.75, 3.05) is 13.2 Å². The Morgan fingerprint density at radius 3 is 2.29 bits per heavy atom. The van der Waals surface area contributed by atoms with Crippen molar-refractivity contribution in [2.45, 2.75) is 43.3 Å². The zero-order valence-electron chi connectivity index (χ0n) is 18.7. The number of aliphatic carboxylic acids is 1. The fourth-order valence-electron chi connectivity index (χ4n) is 6.23. The average Bonchev–Trinajstić information content (AvgIpc) is 3.53. The Bertz CT molecular complexity index is 1160. The molecule has 4 aliphatic rings. The molecule has 7 heteroatoms. The molecule has 174 valence electrons. The van der Waals surface area contributed by atoms with Crippen LogP contribution in [0.1, 0.15) is 36.3 Å². The Hall–Kier alpha value is -3.61. The van der Waals surface area contributed by atoms with Crippen LogP contribution in [0.25, 0.3) is 11.1 Å². The van der Waals surface area contributed by atoms with Gasteiger partial charge < -0.3 is 14.7 Å². The molecule has 2 saturated heterocycles. The van der Waals surface area contributed by atoms with Gasteiger partial charge in [-0.05, 0) is 41.5 Å². The van der Waals surface area contributed by atoms with Crippen LogP contribution < -0.4 is 0 Å².